The maximum Gasteiger partial charge on any atom is 0.322 e. The number of anilines is 1. The van der Waals surface area contributed by atoms with E-state index in [1.54, 1.807) is 18.7 Å². The lowest BCUT2D eigenvalue weighted by atomic mass is 9.72. The second-order valence-corrected chi connectivity index (χ2v) is 7.55. The summed E-state index contributed by atoms with van der Waals surface area (Å²) >= 11 is 0. The molecule has 3 heterocycles. The number of pyridine rings is 1. The molecule has 1 N–H and O–H groups in total. The van der Waals surface area contributed by atoms with Crippen LogP contribution in [0.5, 0.6) is 0 Å². The Morgan fingerprint density at radius 3 is 2.78 bits per heavy atom. The molecule has 1 unspecified atom stereocenters. The molecule has 0 spiro atoms. The molecule has 3 aromatic rings. The van der Waals surface area contributed by atoms with E-state index in [1.807, 2.05) is 48.4 Å². The molecule has 2 aromatic heterocycles. The van der Waals surface area contributed by atoms with Crippen molar-refractivity contribution >= 4 is 11.7 Å². The fourth-order valence-corrected chi connectivity index (χ4v) is 3.83. The molecule has 2 amide bonds. The predicted molar refractivity (Wildman–Crippen MR) is 103 cm³/mol. The number of oxazole rings is 1. The summed E-state index contributed by atoms with van der Waals surface area (Å²) in [5, 5.41) is 3.05. The minimum absolute atomic E-state index is 0.00132. The molecule has 1 fully saturated rings. The maximum absolute atomic E-state index is 13.0. The van der Waals surface area contributed by atoms with Crippen LogP contribution >= 0.6 is 0 Å². The fourth-order valence-electron chi connectivity index (χ4n) is 3.83. The van der Waals surface area contributed by atoms with Gasteiger partial charge in [-0.15, -0.1) is 0 Å². The summed E-state index contributed by atoms with van der Waals surface area (Å²) in [4.78, 5) is 23.2. The van der Waals surface area contributed by atoms with Gasteiger partial charge in [0.25, 0.3) is 0 Å². The highest BCUT2D eigenvalue weighted by Gasteiger charge is 2.49. The van der Waals surface area contributed by atoms with Crippen molar-refractivity contribution in [2.24, 2.45) is 5.41 Å². The number of nitrogens with one attached hydrogen (secondary N) is 1. The van der Waals surface area contributed by atoms with E-state index >= 15 is 0 Å². The third-order valence-corrected chi connectivity index (χ3v) is 5.13. The van der Waals surface area contributed by atoms with Gasteiger partial charge in [0.1, 0.15) is 6.26 Å². The molecule has 1 aromatic carbocycles. The van der Waals surface area contributed by atoms with E-state index in [0.29, 0.717) is 12.4 Å². The number of aromatic nitrogens is 2. The van der Waals surface area contributed by atoms with Crippen LogP contribution in [0.25, 0.3) is 11.5 Å². The number of rotatable bonds is 3. The topological polar surface area (TPSA) is 71.3 Å². The molecule has 6 heteroatoms. The number of hydrogen-bond acceptors (Lipinski definition) is 4. The van der Waals surface area contributed by atoms with Crippen molar-refractivity contribution in [3.63, 3.8) is 0 Å². The Balaban J connectivity index is 1.57. The van der Waals surface area contributed by atoms with Crippen molar-refractivity contribution in [1.29, 1.82) is 0 Å². The summed E-state index contributed by atoms with van der Waals surface area (Å²) in [5.41, 5.74) is 3.60. The zero-order chi connectivity index (χ0) is 19.0. The van der Waals surface area contributed by atoms with E-state index in [2.05, 4.69) is 29.1 Å². The predicted octanol–water partition coefficient (Wildman–Crippen LogP) is 4.66. The molecule has 1 saturated heterocycles. The van der Waals surface area contributed by atoms with E-state index in [9.17, 15) is 4.79 Å². The smallest absolute Gasteiger partial charge is 0.322 e. The lowest BCUT2D eigenvalue weighted by Gasteiger charge is -2.54. The first-order chi connectivity index (χ1) is 13.0. The van der Waals surface area contributed by atoms with Gasteiger partial charge in [0, 0.05) is 35.6 Å². The average molecular weight is 362 g/mol. The SMILES string of the molecule is Cc1c(NC(=O)N2CC(C)(C)C2c2cccnc2)cccc1-c1ncco1. The molecule has 27 heavy (non-hydrogen) atoms. The number of nitrogens with zero attached hydrogens (tertiary/aromatic N) is 3. The van der Waals surface area contributed by atoms with Gasteiger partial charge >= 0.3 is 6.03 Å². The number of urea groups is 1. The van der Waals surface area contributed by atoms with Gasteiger partial charge in [-0.25, -0.2) is 9.78 Å². The Bertz CT molecular complexity index is 952. The van der Waals surface area contributed by atoms with Crippen molar-refractivity contribution in [1.82, 2.24) is 14.9 Å². The molecular weight excluding hydrogens is 340 g/mol. The van der Waals surface area contributed by atoms with E-state index < -0.39 is 0 Å². The quantitative estimate of drug-likeness (QED) is 0.735. The van der Waals surface area contributed by atoms with Crippen LogP contribution in [0.4, 0.5) is 10.5 Å². The molecular formula is C21H22N4O2. The summed E-state index contributed by atoms with van der Waals surface area (Å²) in [5.74, 6) is 0.543. The van der Waals surface area contributed by atoms with Crippen LogP contribution in [0.1, 0.15) is 31.0 Å². The van der Waals surface area contributed by atoms with Crippen molar-refractivity contribution in [3.8, 4) is 11.5 Å². The summed E-state index contributed by atoms with van der Waals surface area (Å²) < 4.78 is 5.40. The van der Waals surface area contributed by atoms with E-state index in [4.69, 9.17) is 4.42 Å². The van der Waals surface area contributed by atoms with Gasteiger partial charge in [-0.3, -0.25) is 4.98 Å². The lowest BCUT2D eigenvalue weighted by molar-refractivity contribution is -0.0117. The maximum atomic E-state index is 13.0. The first-order valence-electron chi connectivity index (χ1n) is 8.94. The Morgan fingerprint density at radius 1 is 1.26 bits per heavy atom. The highest BCUT2D eigenvalue weighted by atomic mass is 16.3. The number of carbonyl (C=O) groups is 1. The highest BCUT2D eigenvalue weighted by Crippen LogP contribution is 2.48. The van der Waals surface area contributed by atoms with Gasteiger partial charge in [-0.05, 0) is 36.2 Å². The number of amides is 2. The van der Waals surface area contributed by atoms with Crippen molar-refractivity contribution in [3.05, 3.63) is 66.3 Å². The molecule has 1 aliphatic rings. The lowest BCUT2D eigenvalue weighted by Crippen LogP contribution is -2.59. The normalized spacial score (nSPS) is 18.0. The molecule has 4 rings (SSSR count). The molecule has 0 radical (unpaired) electrons. The number of hydrogen-bond donors (Lipinski definition) is 1. The van der Waals surface area contributed by atoms with Crippen molar-refractivity contribution in [2.75, 3.05) is 11.9 Å². The van der Waals surface area contributed by atoms with Crippen LogP contribution in [0.15, 0.2) is 59.6 Å². The summed E-state index contributed by atoms with van der Waals surface area (Å²) in [7, 11) is 0. The Hall–Kier alpha value is -3.15. The van der Waals surface area contributed by atoms with Gasteiger partial charge in [0.05, 0.1) is 12.2 Å². The molecule has 1 atom stereocenters. The standard InChI is InChI=1S/C21H22N4O2/c1-14-16(19-23-10-11-27-19)7-4-8-17(14)24-20(26)25-13-21(2,3)18(25)15-6-5-9-22-12-15/h4-12,18H,13H2,1-3H3,(H,24,26). The molecule has 6 nitrogen and oxygen atoms in total. The van der Waals surface area contributed by atoms with Crippen molar-refractivity contribution in [2.45, 2.75) is 26.8 Å². The van der Waals surface area contributed by atoms with Gasteiger partial charge < -0.3 is 14.6 Å². The van der Waals surface area contributed by atoms with Crippen LogP contribution in [-0.4, -0.2) is 27.4 Å². The molecule has 138 valence electrons. The second-order valence-electron chi connectivity index (χ2n) is 7.55. The van der Waals surface area contributed by atoms with Crippen LogP contribution in [0.2, 0.25) is 0 Å². The van der Waals surface area contributed by atoms with Crippen LogP contribution in [0.3, 0.4) is 0 Å². The molecule has 0 bridgehead atoms. The van der Waals surface area contributed by atoms with Gasteiger partial charge in [0.15, 0.2) is 0 Å². The minimum atomic E-state index is -0.115. The zero-order valence-corrected chi connectivity index (χ0v) is 15.6. The Labute approximate surface area is 158 Å². The van der Waals surface area contributed by atoms with Crippen LogP contribution in [0, 0.1) is 12.3 Å². The second kappa shape index (κ2) is 6.54. The number of likely N-dealkylation sites (tertiary alicyclic amines) is 1. The molecule has 0 saturated carbocycles. The van der Waals surface area contributed by atoms with E-state index in [1.165, 1.54) is 0 Å². The number of benzene rings is 1. The van der Waals surface area contributed by atoms with Crippen LogP contribution in [-0.2, 0) is 0 Å². The summed E-state index contributed by atoms with van der Waals surface area (Å²) in [6.07, 6.45) is 6.73. The summed E-state index contributed by atoms with van der Waals surface area (Å²) in [6, 6.07) is 9.53. The van der Waals surface area contributed by atoms with E-state index in [-0.39, 0.29) is 17.5 Å². The minimum Gasteiger partial charge on any atom is -0.445 e. The van der Waals surface area contributed by atoms with Gasteiger partial charge in [-0.2, -0.15) is 0 Å². The van der Waals surface area contributed by atoms with E-state index in [0.717, 1.165) is 22.4 Å². The largest absolute Gasteiger partial charge is 0.445 e. The van der Waals surface area contributed by atoms with Crippen LogP contribution < -0.4 is 5.32 Å². The monoisotopic (exact) mass is 362 g/mol. The third kappa shape index (κ3) is 3.07. The molecule has 1 aliphatic heterocycles. The highest BCUT2D eigenvalue weighted by molar-refractivity contribution is 5.92. The Morgan fingerprint density at radius 2 is 2.11 bits per heavy atom. The first kappa shape index (κ1) is 17.3. The molecule has 0 aliphatic carbocycles. The summed E-state index contributed by atoms with van der Waals surface area (Å²) in [6.45, 7) is 6.98. The number of carbonyl (C=O) groups excluding carboxylic acids is 1. The average Bonchev–Trinajstić information content (AvgIpc) is 3.17. The first-order valence-corrected chi connectivity index (χ1v) is 8.94. The van der Waals surface area contributed by atoms with Crippen molar-refractivity contribution < 1.29 is 9.21 Å². The third-order valence-electron chi connectivity index (χ3n) is 5.13. The van der Waals surface area contributed by atoms with Gasteiger partial charge in [0.2, 0.25) is 5.89 Å². The van der Waals surface area contributed by atoms with Gasteiger partial charge in [-0.1, -0.05) is 26.0 Å². The zero-order valence-electron chi connectivity index (χ0n) is 15.6. The fraction of sp³-hybridized carbons (Fsp3) is 0.286. The Kier molecular flexibility index (Phi) is 4.18.